The maximum Gasteiger partial charge on any atom is 0.274 e. The molecule has 2 aromatic heterocycles. The van der Waals surface area contributed by atoms with E-state index < -0.39 is 0 Å². The van der Waals surface area contributed by atoms with Crippen molar-refractivity contribution in [2.24, 2.45) is 0 Å². The highest BCUT2D eigenvalue weighted by molar-refractivity contribution is 7.13. The summed E-state index contributed by atoms with van der Waals surface area (Å²) in [7, 11) is 0. The van der Waals surface area contributed by atoms with E-state index in [2.05, 4.69) is 33.4 Å². The summed E-state index contributed by atoms with van der Waals surface area (Å²) in [5.41, 5.74) is 2.78. The Labute approximate surface area is 169 Å². The van der Waals surface area contributed by atoms with E-state index in [0.29, 0.717) is 18.0 Å². The highest BCUT2D eigenvalue weighted by Crippen LogP contribution is 2.27. The third kappa shape index (κ3) is 4.51. The number of oxazole rings is 1. The molecule has 1 N–H and O–H groups in total. The zero-order chi connectivity index (χ0) is 19.2. The Morgan fingerprint density at radius 3 is 2.61 bits per heavy atom. The number of rotatable bonds is 6. The molecule has 3 aromatic rings. The van der Waals surface area contributed by atoms with E-state index in [9.17, 15) is 4.79 Å². The van der Waals surface area contributed by atoms with Crippen molar-refractivity contribution in [3.8, 4) is 10.6 Å². The zero-order valence-electron chi connectivity index (χ0n) is 15.9. The largest absolute Gasteiger partial charge is 0.442 e. The van der Waals surface area contributed by atoms with Gasteiger partial charge in [-0.3, -0.25) is 9.69 Å². The second-order valence-electron chi connectivity index (χ2n) is 7.15. The van der Waals surface area contributed by atoms with Gasteiger partial charge < -0.3 is 9.73 Å². The number of nitrogens with one attached hydrogen (secondary N) is 1. The monoisotopic (exact) mass is 395 g/mol. The first-order valence-electron chi connectivity index (χ1n) is 9.86. The van der Waals surface area contributed by atoms with Gasteiger partial charge in [0.2, 0.25) is 0 Å². The second-order valence-corrected chi connectivity index (χ2v) is 8.10. The highest BCUT2D eigenvalue weighted by atomic mass is 32.1. The first-order valence-corrected chi connectivity index (χ1v) is 10.7. The van der Waals surface area contributed by atoms with Crippen molar-refractivity contribution in [1.29, 1.82) is 0 Å². The van der Waals surface area contributed by atoms with Crippen LogP contribution in [0.5, 0.6) is 0 Å². The summed E-state index contributed by atoms with van der Waals surface area (Å²) < 4.78 is 5.45. The van der Waals surface area contributed by atoms with Crippen LogP contribution < -0.4 is 5.32 Å². The molecule has 1 aromatic carbocycles. The van der Waals surface area contributed by atoms with Crippen molar-refractivity contribution in [3.05, 3.63) is 65.0 Å². The van der Waals surface area contributed by atoms with Crippen LogP contribution >= 0.6 is 11.3 Å². The SMILES string of the molecule is O=C(NCc1ccccc1CN1CCCCCC1)c1ncoc1-c1cccs1. The van der Waals surface area contributed by atoms with Gasteiger partial charge in [0.25, 0.3) is 5.91 Å². The Morgan fingerprint density at radius 1 is 1.07 bits per heavy atom. The van der Waals surface area contributed by atoms with Crippen molar-refractivity contribution < 1.29 is 9.21 Å². The van der Waals surface area contributed by atoms with Crippen molar-refractivity contribution >= 4 is 17.2 Å². The molecule has 1 amide bonds. The second kappa shape index (κ2) is 9.17. The molecular formula is C22H25N3O2S. The number of amides is 1. The van der Waals surface area contributed by atoms with Crippen LogP contribution in [-0.4, -0.2) is 28.9 Å². The molecule has 146 valence electrons. The van der Waals surface area contributed by atoms with Crippen LogP contribution in [-0.2, 0) is 13.1 Å². The number of likely N-dealkylation sites (tertiary alicyclic amines) is 1. The van der Waals surface area contributed by atoms with Crippen LogP contribution in [0.3, 0.4) is 0 Å². The number of thiophene rings is 1. The third-order valence-corrected chi connectivity index (χ3v) is 6.05. The molecule has 1 saturated heterocycles. The summed E-state index contributed by atoms with van der Waals surface area (Å²) in [6.07, 6.45) is 6.54. The van der Waals surface area contributed by atoms with E-state index in [1.54, 1.807) is 0 Å². The highest BCUT2D eigenvalue weighted by Gasteiger charge is 2.19. The number of aromatic nitrogens is 1. The summed E-state index contributed by atoms with van der Waals surface area (Å²) in [5, 5.41) is 4.98. The first kappa shape index (κ1) is 18.9. The fraction of sp³-hybridized carbons (Fsp3) is 0.364. The lowest BCUT2D eigenvalue weighted by molar-refractivity contribution is 0.0946. The minimum absolute atomic E-state index is 0.207. The van der Waals surface area contributed by atoms with E-state index in [0.717, 1.165) is 30.1 Å². The van der Waals surface area contributed by atoms with E-state index in [-0.39, 0.29) is 5.91 Å². The van der Waals surface area contributed by atoms with Crippen molar-refractivity contribution in [2.75, 3.05) is 13.1 Å². The van der Waals surface area contributed by atoms with Gasteiger partial charge in [0.1, 0.15) is 0 Å². The van der Waals surface area contributed by atoms with Gasteiger partial charge in [-0.25, -0.2) is 4.98 Å². The number of carbonyl (C=O) groups excluding carboxylic acids is 1. The van der Waals surface area contributed by atoms with E-state index in [4.69, 9.17) is 4.42 Å². The Hall–Kier alpha value is -2.44. The molecule has 5 nitrogen and oxygen atoms in total. The minimum Gasteiger partial charge on any atom is -0.442 e. The van der Waals surface area contributed by atoms with Crippen molar-refractivity contribution in [3.63, 3.8) is 0 Å². The molecule has 1 fully saturated rings. The van der Waals surface area contributed by atoms with Gasteiger partial charge >= 0.3 is 0 Å². The molecule has 6 heteroatoms. The summed E-state index contributed by atoms with van der Waals surface area (Å²) in [6.45, 7) is 3.74. The van der Waals surface area contributed by atoms with Crippen LogP contribution in [0.25, 0.3) is 10.6 Å². The first-order chi connectivity index (χ1) is 13.8. The lowest BCUT2D eigenvalue weighted by atomic mass is 10.1. The molecule has 0 unspecified atom stereocenters. The molecule has 0 saturated carbocycles. The van der Waals surface area contributed by atoms with Crippen LogP contribution in [0.2, 0.25) is 0 Å². The van der Waals surface area contributed by atoms with E-state index in [1.807, 2.05) is 23.6 Å². The number of carbonyl (C=O) groups is 1. The molecule has 1 aliphatic heterocycles. The van der Waals surface area contributed by atoms with Crippen LogP contribution in [0.15, 0.2) is 52.6 Å². The molecule has 0 spiro atoms. The minimum atomic E-state index is -0.207. The summed E-state index contributed by atoms with van der Waals surface area (Å²) in [4.78, 5) is 20.3. The molecule has 0 radical (unpaired) electrons. The standard InChI is InChI=1S/C22H25N3O2S/c26-22(20-21(27-16-24-20)19-10-7-13-28-19)23-14-17-8-3-4-9-18(17)15-25-11-5-1-2-6-12-25/h3-4,7-10,13,16H,1-2,5-6,11-12,14-15H2,(H,23,26). The molecule has 28 heavy (non-hydrogen) atoms. The van der Waals surface area contributed by atoms with Gasteiger partial charge in [-0.15, -0.1) is 11.3 Å². The molecular weight excluding hydrogens is 370 g/mol. The molecule has 0 aliphatic carbocycles. The summed E-state index contributed by atoms with van der Waals surface area (Å²) in [6, 6.07) is 12.2. The summed E-state index contributed by atoms with van der Waals surface area (Å²) in [5.74, 6) is 0.326. The smallest absolute Gasteiger partial charge is 0.274 e. The van der Waals surface area contributed by atoms with Gasteiger partial charge in [-0.2, -0.15) is 0 Å². The van der Waals surface area contributed by atoms with Gasteiger partial charge in [-0.05, 0) is 48.5 Å². The van der Waals surface area contributed by atoms with Crippen molar-refractivity contribution in [1.82, 2.24) is 15.2 Å². The lowest BCUT2D eigenvalue weighted by Gasteiger charge is -2.21. The number of hydrogen-bond acceptors (Lipinski definition) is 5. The number of benzene rings is 1. The van der Waals surface area contributed by atoms with Crippen LogP contribution in [0, 0.1) is 0 Å². The van der Waals surface area contributed by atoms with Crippen molar-refractivity contribution in [2.45, 2.75) is 38.8 Å². The zero-order valence-corrected chi connectivity index (χ0v) is 16.7. The maximum absolute atomic E-state index is 12.7. The normalized spacial score (nSPS) is 15.3. The van der Waals surface area contributed by atoms with Crippen LogP contribution in [0.1, 0.15) is 47.3 Å². The van der Waals surface area contributed by atoms with E-state index >= 15 is 0 Å². The Kier molecular flexibility index (Phi) is 6.19. The Balaban J connectivity index is 1.43. The lowest BCUT2D eigenvalue weighted by Crippen LogP contribution is -2.27. The quantitative estimate of drug-likeness (QED) is 0.657. The fourth-order valence-electron chi connectivity index (χ4n) is 3.67. The fourth-order valence-corrected chi connectivity index (χ4v) is 4.38. The average molecular weight is 396 g/mol. The predicted octanol–water partition coefficient (Wildman–Crippen LogP) is 4.71. The van der Waals surface area contributed by atoms with Crippen LogP contribution in [0.4, 0.5) is 0 Å². The number of hydrogen-bond donors (Lipinski definition) is 1. The molecule has 3 heterocycles. The topological polar surface area (TPSA) is 58.4 Å². The molecule has 0 atom stereocenters. The van der Waals surface area contributed by atoms with Gasteiger partial charge in [0.15, 0.2) is 17.8 Å². The average Bonchev–Trinajstić information content (AvgIpc) is 3.35. The Morgan fingerprint density at radius 2 is 1.86 bits per heavy atom. The van der Waals surface area contributed by atoms with Gasteiger partial charge in [0, 0.05) is 13.1 Å². The Bertz CT molecular complexity index is 896. The summed E-state index contributed by atoms with van der Waals surface area (Å²) >= 11 is 1.53. The van der Waals surface area contributed by atoms with Gasteiger partial charge in [0.05, 0.1) is 4.88 Å². The molecule has 1 aliphatic rings. The predicted molar refractivity (Wildman–Crippen MR) is 111 cm³/mol. The maximum atomic E-state index is 12.7. The van der Waals surface area contributed by atoms with Gasteiger partial charge in [-0.1, -0.05) is 43.2 Å². The third-order valence-electron chi connectivity index (χ3n) is 5.18. The molecule has 0 bridgehead atoms. The van der Waals surface area contributed by atoms with E-state index in [1.165, 1.54) is 49.0 Å². The number of nitrogens with zero attached hydrogens (tertiary/aromatic N) is 2. The molecule has 4 rings (SSSR count).